The first-order valence-electron chi connectivity index (χ1n) is 9.13. The van der Waals surface area contributed by atoms with Gasteiger partial charge in [0.15, 0.2) is 9.84 Å². The van der Waals surface area contributed by atoms with Crippen LogP contribution in [0.4, 0.5) is 14.9 Å². The van der Waals surface area contributed by atoms with Gasteiger partial charge >= 0.3 is 6.09 Å². The van der Waals surface area contributed by atoms with Gasteiger partial charge in [0.25, 0.3) is 0 Å². The predicted octanol–water partition coefficient (Wildman–Crippen LogP) is 1.69. The van der Waals surface area contributed by atoms with Crippen LogP contribution in [0, 0.1) is 12.7 Å². The summed E-state index contributed by atoms with van der Waals surface area (Å²) in [6, 6.07) is 1.78. The van der Waals surface area contributed by atoms with E-state index in [4.69, 9.17) is 5.11 Å². The lowest BCUT2D eigenvalue weighted by Crippen LogP contribution is -2.48. The van der Waals surface area contributed by atoms with Crippen molar-refractivity contribution >= 4 is 27.5 Å². The van der Waals surface area contributed by atoms with Crippen LogP contribution in [-0.2, 0) is 14.6 Å². The van der Waals surface area contributed by atoms with E-state index in [0.717, 1.165) is 12.3 Å². The van der Waals surface area contributed by atoms with E-state index in [9.17, 15) is 22.4 Å². The molecule has 2 saturated heterocycles. The molecular formula is C18H24FN3O5S. The molecule has 1 aromatic carbocycles. The number of amides is 2. The first kappa shape index (κ1) is 20.4. The summed E-state index contributed by atoms with van der Waals surface area (Å²) in [5.41, 5.74) is 0.514. The van der Waals surface area contributed by atoms with E-state index in [1.165, 1.54) is 11.0 Å². The number of sulfone groups is 1. The van der Waals surface area contributed by atoms with Crippen molar-refractivity contribution in [1.29, 1.82) is 0 Å². The van der Waals surface area contributed by atoms with Gasteiger partial charge in [-0.1, -0.05) is 0 Å². The normalized spacial score (nSPS) is 21.2. The molecule has 0 aliphatic carbocycles. The van der Waals surface area contributed by atoms with Crippen LogP contribution in [0.3, 0.4) is 0 Å². The van der Waals surface area contributed by atoms with Gasteiger partial charge in [0.1, 0.15) is 11.9 Å². The van der Waals surface area contributed by atoms with Crippen LogP contribution < -0.4 is 5.32 Å². The van der Waals surface area contributed by atoms with Gasteiger partial charge in [-0.3, -0.25) is 4.79 Å². The van der Waals surface area contributed by atoms with Gasteiger partial charge in [-0.25, -0.2) is 17.6 Å². The number of aryl methyl sites for hydroxylation is 1. The fourth-order valence-electron chi connectivity index (χ4n) is 3.93. The number of carbonyl (C=O) groups excluding carboxylic acids is 1. The molecule has 1 unspecified atom stereocenters. The number of nitrogens with one attached hydrogen (secondary N) is 1. The second-order valence-electron chi connectivity index (χ2n) is 7.39. The molecule has 2 amide bonds. The Morgan fingerprint density at radius 1 is 1.21 bits per heavy atom. The molecule has 3 rings (SSSR count). The molecule has 8 nitrogen and oxygen atoms in total. The zero-order chi connectivity index (χ0) is 20.6. The molecule has 28 heavy (non-hydrogen) atoms. The number of halogens is 1. The molecule has 0 aromatic heterocycles. The first-order valence-corrected chi connectivity index (χ1v) is 11.0. The van der Waals surface area contributed by atoms with Crippen molar-refractivity contribution in [1.82, 2.24) is 9.80 Å². The molecule has 0 bridgehead atoms. The third-order valence-electron chi connectivity index (χ3n) is 5.41. The van der Waals surface area contributed by atoms with Crippen molar-refractivity contribution in [2.45, 2.75) is 43.2 Å². The SMILES string of the molecule is Cc1cc(NC2CCN(C3CCN(C(=O)O)CC3)C2=O)c(F)cc1S(C)(=O)=O. The van der Waals surface area contributed by atoms with Crippen LogP contribution >= 0.6 is 0 Å². The molecule has 0 radical (unpaired) electrons. The monoisotopic (exact) mass is 413 g/mol. The maximum absolute atomic E-state index is 14.4. The van der Waals surface area contributed by atoms with Crippen LogP contribution in [-0.4, -0.2) is 73.3 Å². The van der Waals surface area contributed by atoms with E-state index in [1.807, 2.05) is 0 Å². The van der Waals surface area contributed by atoms with Crippen molar-refractivity contribution in [3.05, 3.63) is 23.5 Å². The summed E-state index contributed by atoms with van der Waals surface area (Å²) >= 11 is 0. The number of carboxylic acid groups (broad SMARTS) is 1. The predicted molar refractivity (Wildman–Crippen MR) is 101 cm³/mol. The Morgan fingerprint density at radius 3 is 2.43 bits per heavy atom. The Hall–Kier alpha value is -2.36. The van der Waals surface area contributed by atoms with E-state index in [0.29, 0.717) is 44.5 Å². The summed E-state index contributed by atoms with van der Waals surface area (Å²) in [6.07, 6.45) is 1.75. The molecule has 10 heteroatoms. The van der Waals surface area contributed by atoms with Crippen molar-refractivity contribution < 1.29 is 27.5 Å². The molecule has 1 atom stereocenters. The summed E-state index contributed by atoms with van der Waals surface area (Å²) in [5, 5.41) is 11.9. The Morgan fingerprint density at radius 2 is 1.86 bits per heavy atom. The van der Waals surface area contributed by atoms with E-state index >= 15 is 0 Å². The van der Waals surface area contributed by atoms with Crippen molar-refractivity contribution in [2.24, 2.45) is 0 Å². The Kier molecular flexibility index (Phi) is 5.51. The number of nitrogens with zero attached hydrogens (tertiary/aromatic N) is 2. The van der Waals surface area contributed by atoms with Crippen LogP contribution in [0.25, 0.3) is 0 Å². The highest BCUT2D eigenvalue weighted by atomic mass is 32.2. The van der Waals surface area contributed by atoms with Crippen LogP contribution in [0.15, 0.2) is 17.0 Å². The summed E-state index contributed by atoms with van der Waals surface area (Å²) < 4.78 is 37.8. The largest absolute Gasteiger partial charge is 0.465 e. The highest BCUT2D eigenvalue weighted by Gasteiger charge is 2.38. The number of hydrogen-bond donors (Lipinski definition) is 2. The molecule has 2 aliphatic heterocycles. The van der Waals surface area contributed by atoms with Crippen molar-refractivity contribution in [3.8, 4) is 0 Å². The highest BCUT2D eigenvalue weighted by molar-refractivity contribution is 7.90. The standard InChI is InChI=1S/C18H24FN3O5S/c1-11-9-15(13(19)10-16(11)28(2,26)27)20-14-5-8-22(17(14)23)12-3-6-21(7-4-12)18(24)25/h9-10,12,14,20H,3-8H2,1-2H3,(H,24,25). The molecule has 154 valence electrons. The average Bonchev–Trinajstić information content (AvgIpc) is 2.97. The molecule has 0 spiro atoms. The summed E-state index contributed by atoms with van der Waals surface area (Å²) in [7, 11) is -3.53. The zero-order valence-corrected chi connectivity index (χ0v) is 16.6. The zero-order valence-electron chi connectivity index (χ0n) is 15.8. The Labute approximate surface area is 163 Å². The lowest BCUT2D eigenvalue weighted by atomic mass is 10.0. The molecular weight excluding hydrogens is 389 g/mol. The van der Waals surface area contributed by atoms with Crippen molar-refractivity contribution in [3.63, 3.8) is 0 Å². The van der Waals surface area contributed by atoms with Crippen LogP contribution in [0.1, 0.15) is 24.8 Å². The van der Waals surface area contributed by atoms with Crippen LogP contribution in [0.2, 0.25) is 0 Å². The number of anilines is 1. The topological polar surface area (TPSA) is 107 Å². The van der Waals surface area contributed by atoms with E-state index in [2.05, 4.69) is 5.32 Å². The minimum Gasteiger partial charge on any atom is -0.465 e. The fourth-order valence-corrected chi connectivity index (χ4v) is 4.89. The third-order valence-corrected chi connectivity index (χ3v) is 6.65. The Bertz CT molecular complexity index is 897. The molecule has 2 N–H and O–H groups in total. The minimum atomic E-state index is -3.53. The number of piperidine rings is 1. The summed E-state index contributed by atoms with van der Waals surface area (Å²) in [4.78, 5) is 26.8. The summed E-state index contributed by atoms with van der Waals surface area (Å²) in [5.74, 6) is -0.856. The average molecular weight is 413 g/mol. The van der Waals surface area contributed by atoms with Gasteiger partial charge in [0.05, 0.1) is 10.6 Å². The summed E-state index contributed by atoms with van der Waals surface area (Å²) in [6.45, 7) is 2.89. The van der Waals surface area contributed by atoms with E-state index in [1.54, 1.807) is 11.8 Å². The maximum atomic E-state index is 14.4. The maximum Gasteiger partial charge on any atom is 0.407 e. The van der Waals surface area contributed by atoms with Crippen LogP contribution in [0.5, 0.6) is 0 Å². The fraction of sp³-hybridized carbons (Fsp3) is 0.556. The van der Waals surface area contributed by atoms with Gasteiger partial charge < -0.3 is 20.2 Å². The highest BCUT2D eigenvalue weighted by Crippen LogP contribution is 2.28. The second kappa shape index (κ2) is 7.57. The number of carbonyl (C=O) groups is 2. The number of benzene rings is 1. The molecule has 2 heterocycles. The van der Waals surface area contributed by atoms with Gasteiger partial charge in [0, 0.05) is 31.9 Å². The van der Waals surface area contributed by atoms with E-state index in [-0.39, 0.29) is 22.5 Å². The lowest BCUT2D eigenvalue weighted by molar-refractivity contribution is -0.131. The quantitative estimate of drug-likeness (QED) is 0.778. The first-order chi connectivity index (χ1) is 13.1. The number of likely N-dealkylation sites (tertiary alicyclic amines) is 2. The van der Waals surface area contributed by atoms with Crippen molar-refractivity contribution in [2.75, 3.05) is 31.2 Å². The number of hydrogen-bond acceptors (Lipinski definition) is 5. The van der Waals surface area contributed by atoms with Gasteiger partial charge in [-0.15, -0.1) is 0 Å². The molecule has 2 aliphatic rings. The third kappa shape index (κ3) is 4.06. The van der Waals surface area contributed by atoms with Gasteiger partial charge in [-0.2, -0.15) is 0 Å². The Balaban J connectivity index is 1.68. The molecule has 2 fully saturated rings. The smallest absolute Gasteiger partial charge is 0.407 e. The molecule has 0 saturated carbocycles. The lowest BCUT2D eigenvalue weighted by Gasteiger charge is -2.35. The minimum absolute atomic E-state index is 0.0194. The second-order valence-corrected chi connectivity index (χ2v) is 9.37. The molecule has 1 aromatic rings. The van der Waals surface area contributed by atoms with Gasteiger partial charge in [0.2, 0.25) is 5.91 Å². The van der Waals surface area contributed by atoms with E-state index < -0.39 is 27.8 Å². The van der Waals surface area contributed by atoms with Gasteiger partial charge in [-0.05, 0) is 43.9 Å². The number of rotatable bonds is 4.